The van der Waals surface area contributed by atoms with E-state index < -0.39 is 0 Å². The minimum atomic E-state index is 0.665. The molecule has 3 rings (SSSR count). The molecule has 0 aromatic heterocycles. The second-order valence-electron chi connectivity index (χ2n) is 6.04. The standard InChI is InChI=1S/C17H25NOS2.C2H6.ClHS/c1-19-15-9-8-14-12-21-18(20-2)11-17(16(14)10-15)13-6-4-3-5-7-13;2*1-2/h8-10,13,17H,3-7,11-12H2,1-2H3;1-2H3;2H. The third-order valence-electron chi connectivity index (χ3n) is 4.88. The van der Waals surface area contributed by atoms with Crippen LogP contribution in [-0.4, -0.2) is 23.6 Å². The van der Waals surface area contributed by atoms with Gasteiger partial charge < -0.3 is 4.74 Å². The Balaban J connectivity index is 0.000000730. The predicted molar refractivity (Wildman–Crippen MR) is 120 cm³/mol. The number of thiol groups is 1. The molecule has 2 aliphatic rings. The van der Waals surface area contributed by atoms with Crippen LogP contribution in [0.1, 0.15) is 63.0 Å². The van der Waals surface area contributed by atoms with Crippen LogP contribution in [0.4, 0.5) is 0 Å². The van der Waals surface area contributed by atoms with Crippen LogP contribution in [0.5, 0.6) is 5.75 Å². The highest BCUT2D eigenvalue weighted by molar-refractivity contribution is 8.11. The van der Waals surface area contributed by atoms with Crippen LogP contribution in [0.25, 0.3) is 0 Å². The molecule has 0 amide bonds. The maximum atomic E-state index is 5.48. The molecule has 1 heterocycles. The highest BCUT2D eigenvalue weighted by Crippen LogP contribution is 2.44. The van der Waals surface area contributed by atoms with E-state index in [0.717, 1.165) is 24.0 Å². The molecule has 0 bridgehead atoms. The lowest BCUT2D eigenvalue weighted by molar-refractivity contribution is 0.294. The monoisotopic (exact) mass is 421 g/mol. The number of hydrogen-bond acceptors (Lipinski definition) is 5. The lowest BCUT2D eigenvalue weighted by Crippen LogP contribution is -2.24. The zero-order chi connectivity index (χ0) is 18.7. The van der Waals surface area contributed by atoms with Crippen LogP contribution < -0.4 is 4.74 Å². The largest absolute Gasteiger partial charge is 0.497 e. The molecule has 1 unspecified atom stereocenters. The van der Waals surface area contributed by atoms with E-state index in [2.05, 4.69) is 50.7 Å². The number of methoxy groups -OCH3 is 1. The zero-order valence-corrected chi connectivity index (χ0v) is 19.1. The van der Waals surface area contributed by atoms with Gasteiger partial charge in [0.15, 0.2) is 0 Å². The summed E-state index contributed by atoms with van der Waals surface area (Å²) < 4.78 is 7.96. The van der Waals surface area contributed by atoms with Crippen LogP contribution in [0.2, 0.25) is 0 Å². The lowest BCUT2D eigenvalue weighted by Gasteiger charge is -2.32. The average Bonchev–Trinajstić information content (AvgIpc) is 2.90. The number of nitrogens with zero attached hydrogens (tertiary/aromatic N) is 1. The summed E-state index contributed by atoms with van der Waals surface area (Å²) in [5.41, 5.74) is 3.05. The van der Waals surface area contributed by atoms with E-state index in [1.165, 1.54) is 37.7 Å². The molecule has 1 aliphatic heterocycles. The van der Waals surface area contributed by atoms with Crippen molar-refractivity contribution in [1.82, 2.24) is 3.71 Å². The average molecular weight is 422 g/mol. The van der Waals surface area contributed by atoms with E-state index in [0.29, 0.717) is 5.92 Å². The molecule has 1 aromatic carbocycles. The first-order valence-electron chi connectivity index (χ1n) is 9.10. The quantitative estimate of drug-likeness (QED) is 0.409. The van der Waals surface area contributed by atoms with E-state index in [-0.39, 0.29) is 0 Å². The summed E-state index contributed by atoms with van der Waals surface area (Å²) >= 11 is 6.84. The minimum Gasteiger partial charge on any atom is -0.497 e. The molecular formula is C19H32ClNOS3. The topological polar surface area (TPSA) is 12.5 Å². The number of fused-ring (bicyclic) bond motifs is 1. The summed E-state index contributed by atoms with van der Waals surface area (Å²) in [5.74, 6) is 3.61. The van der Waals surface area contributed by atoms with Crippen LogP contribution >= 0.6 is 46.4 Å². The van der Waals surface area contributed by atoms with Crippen LogP contribution in [-0.2, 0) is 5.75 Å². The Kier molecular flexibility index (Phi) is 12.6. The van der Waals surface area contributed by atoms with Gasteiger partial charge in [-0.3, -0.25) is 0 Å². The molecule has 1 atom stereocenters. The molecule has 0 N–H and O–H groups in total. The number of hydrogen-bond donors (Lipinski definition) is 1. The molecule has 2 nitrogen and oxygen atoms in total. The summed E-state index contributed by atoms with van der Waals surface area (Å²) in [5, 5.41) is 0. The molecule has 1 aromatic rings. The Bertz CT molecular complexity index is 484. The van der Waals surface area contributed by atoms with E-state index in [9.17, 15) is 0 Å². The predicted octanol–water partition coefficient (Wildman–Crippen LogP) is 7.20. The van der Waals surface area contributed by atoms with Crippen LogP contribution in [0, 0.1) is 5.92 Å². The van der Waals surface area contributed by atoms with Gasteiger partial charge in [-0.2, -0.15) is 3.71 Å². The van der Waals surface area contributed by atoms with Gasteiger partial charge in [0.1, 0.15) is 5.75 Å². The van der Waals surface area contributed by atoms with Gasteiger partial charge in [0.2, 0.25) is 0 Å². The second-order valence-corrected chi connectivity index (χ2v) is 8.07. The third kappa shape index (κ3) is 6.76. The van der Waals surface area contributed by atoms with Gasteiger partial charge in [-0.1, -0.05) is 74.9 Å². The summed E-state index contributed by atoms with van der Waals surface area (Å²) in [6.45, 7) is 5.16. The number of benzene rings is 1. The molecule has 0 saturated heterocycles. The fourth-order valence-electron chi connectivity index (χ4n) is 3.70. The van der Waals surface area contributed by atoms with Gasteiger partial charge in [0.25, 0.3) is 0 Å². The molecule has 6 heteroatoms. The van der Waals surface area contributed by atoms with Crippen molar-refractivity contribution in [2.75, 3.05) is 19.9 Å². The third-order valence-corrected chi connectivity index (χ3v) is 7.08. The summed E-state index contributed by atoms with van der Waals surface area (Å²) in [7, 11) is 6.11. The van der Waals surface area contributed by atoms with Gasteiger partial charge in [0, 0.05) is 18.2 Å². The van der Waals surface area contributed by atoms with E-state index in [1.807, 2.05) is 37.7 Å². The van der Waals surface area contributed by atoms with E-state index in [1.54, 1.807) is 12.7 Å². The smallest absolute Gasteiger partial charge is 0.119 e. The van der Waals surface area contributed by atoms with Crippen LogP contribution in [0.3, 0.4) is 0 Å². The number of halogens is 1. The molecule has 1 fully saturated rings. The zero-order valence-electron chi connectivity index (χ0n) is 15.8. The molecule has 0 radical (unpaired) electrons. The normalized spacial score (nSPS) is 21.0. The fourth-order valence-corrected chi connectivity index (χ4v) is 5.40. The maximum absolute atomic E-state index is 5.48. The minimum absolute atomic E-state index is 0.665. The first-order chi connectivity index (χ1) is 12.3. The van der Waals surface area contributed by atoms with Crippen molar-refractivity contribution in [3.05, 3.63) is 29.3 Å². The van der Waals surface area contributed by atoms with Crippen molar-refractivity contribution in [3.8, 4) is 5.75 Å². The fraction of sp³-hybridized carbons (Fsp3) is 0.684. The van der Waals surface area contributed by atoms with Gasteiger partial charge in [-0.15, -0.1) is 0 Å². The van der Waals surface area contributed by atoms with Gasteiger partial charge in [-0.25, -0.2) is 0 Å². The summed E-state index contributed by atoms with van der Waals surface area (Å²) in [6, 6.07) is 6.70. The molecular weight excluding hydrogens is 390 g/mol. The first-order valence-corrected chi connectivity index (χ1v) is 12.6. The van der Waals surface area contributed by atoms with Crippen molar-refractivity contribution < 1.29 is 4.74 Å². The Morgan fingerprint density at radius 3 is 2.48 bits per heavy atom. The van der Waals surface area contributed by atoms with Crippen LogP contribution in [0.15, 0.2) is 18.2 Å². The molecule has 25 heavy (non-hydrogen) atoms. The molecule has 144 valence electrons. The van der Waals surface area contributed by atoms with Gasteiger partial charge in [-0.05, 0) is 59.0 Å². The molecule has 1 saturated carbocycles. The first kappa shape index (κ1) is 23.4. The molecule has 1 aliphatic carbocycles. The SMILES string of the molecule is CC.COc1ccc2c(c1)C(C1CCCCC1)CN(SC)SC2.SCl. The maximum Gasteiger partial charge on any atom is 0.119 e. The highest BCUT2D eigenvalue weighted by Gasteiger charge is 2.31. The Morgan fingerprint density at radius 1 is 1.20 bits per heavy atom. The van der Waals surface area contributed by atoms with Crippen molar-refractivity contribution >= 4 is 46.4 Å². The number of ether oxygens (including phenoxy) is 1. The van der Waals surface area contributed by atoms with Crippen molar-refractivity contribution in [2.24, 2.45) is 5.92 Å². The number of rotatable bonds is 3. The Morgan fingerprint density at radius 2 is 1.88 bits per heavy atom. The Hall–Kier alpha value is 0.320. The summed E-state index contributed by atoms with van der Waals surface area (Å²) in [4.78, 5) is 0. The Labute approximate surface area is 173 Å². The van der Waals surface area contributed by atoms with Crippen molar-refractivity contribution in [1.29, 1.82) is 0 Å². The van der Waals surface area contributed by atoms with E-state index >= 15 is 0 Å². The van der Waals surface area contributed by atoms with Gasteiger partial charge in [0.05, 0.1) is 7.11 Å². The van der Waals surface area contributed by atoms with Gasteiger partial charge >= 0.3 is 0 Å². The molecule has 0 spiro atoms. The summed E-state index contributed by atoms with van der Waals surface area (Å²) in [6.07, 6.45) is 9.23. The lowest BCUT2D eigenvalue weighted by atomic mass is 9.76. The second kappa shape index (κ2) is 13.5. The van der Waals surface area contributed by atoms with E-state index in [4.69, 9.17) is 4.74 Å². The highest BCUT2D eigenvalue weighted by atomic mass is 35.7. The van der Waals surface area contributed by atoms with Crippen molar-refractivity contribution in [2.45, 2.75) is 57.6 Å². The van der Waals surface area contributed by atoms with Crippen molar-refractivity contribution in [3.63, 3.8) is 0 Å².